The van der Waals surface area contributed by atoms with Crippen molar-refractivity contribution in [2.75, 3.05) is 0 Å². The fourth-order valence-corrected chi connectivity index (χ4v) is 0.258. The Balaban J connectivity index is 0. The van der Waals surface area contributed by atoms with E-state index < -0.39 is 6.29 Å². The summed E-state index contributed by atoms with van der Waals surface area (Å²) < 4.78 is 0. The third-order valence-corrected chi connectivity index (χ3v) is 0.547. The molecule has 0 aliphatic rings. The molecule has 0 aliphatic heterocycles. The second-order valence-corrected chi connectivity index (χ2v) is 1.27. The molecule has 2 N–H and O–H groups in total. The van der Waals surface area contributed by atoms with E-state index in [-0.39, 0.29) is 22.4 Å². The zero-order valence-corrected chi connectivity index (χ0v) is 7.55. The maximum absolute atomic E-state index is 8.11. The Hall–Kier alpha value is 0.660. The SMILES string of the molecule is CCCC(O)O.[Ta]. The minimum absolute atomic E-state index is 0. The molecule has 1 radical (unpaired) electrons. The van der Waals surface area contributed by atoms with Crippen LogP contribution in [0.2, 0.25) is 0 Å². The number of aliphatic hydroxyl groups is 2. The van der Waals surface area contributed by atoms with E-state index in [1.54, 1.807) is 0 Å². The van der Waals surface area contributed by atoms with E-state index in [0.717, 1.165) is 6.42 Å². The molecular formula is C4H10O2Ta. The Labute approximate surface area is 59.1 Å². The van der Waals surface area contributed by atoms with Crippen LogP contribution in [0.3, 0.4) is 0 Å². The fraction of sp³-hybridized carbons (Fsp3) is 1.00. The summed E-state index contributed by atoms with van der Waals surface area (Å²) in [7, 11) is 0. The van der Waals surface area contributed by atoms with Crippen molar-refractivity contribution in [3.05, 3.63) is 0 Å². The van der Waals surface area contributed by atoms with Crippen LogP contribution in [-0.2, 0) is 22.4 Å². The first-order chi connectivity index (χ1) is 2.77. The summed E-state index contributed by atoms with van der Waals surface area (Å²) in [6.45, 7) is 1.90. The molecule has 0 saturated heterocycles. The average Bonchev–Trinajstić information content (AvgIpc) is 1.35. The van der Waals surface area contributed by atoms with Gasteiger partial charge >= 0.3 is 0 Å². The van der Waals surface area contributed by atoms with Crippen molar-refractivity contribution in [1.82, 2.24) is 0 Å². The molecule has 0 rings (SSSR count). The van der Waals surface area contributed by atoms with Gasteiger partial charge in [0.05, 0.1) is 0 Å². The van der Waals surface area contributed by atoms with Crippen LogP contribution in [0.15, 0.2) is 0 Å². The van der Waals surface area contributed by atoms with Gasteiger partial charge in [-0.25, -0.2) is 0 Å². The van der Waals surface area contributed by atoms with Crippen LogP contribution in [0.25, 0.3) is 0 Å². The molecule has 0 heterocycles. The van der Waals surface area contributed by atoms with E-state index in [2.05, 4.69) is 0 Å². The smallest absolute Gasteiger partial charge is 0.151 e. The second kappa shape index (κ2) is 6.66. The summed E-state index contributed by atoms with van der Waals surface area (Å²) in [5, 5.41) is 16.2. The van der Waals surface area contributed by atoms with E-state index in [0.29, 0.717) is 6.42 Å². The Kier molecular flexibility index (Phi) is 10.1. The quantitative estimate of drug-likeness (QED) is 0.699. The first kappa shape index (κ1) is 10.6. The molecule has 0 unspecified atom stereocenters. The summed E-state index contributed by atoms with van der Waals surface area (Å²) in [5.74, 6) is 0. The van der Waals surface area contributed by atoms with Gasteiger partial charge in [0.15, 0.2) is 6.29 Å². The normalized spacial score (nSPS) is 8.57. The predicted molar refractivity (Wildman–Crippen MR) is 23.1 cm³/mol. The van der Waals surface area contributed by atoms with Crippen molar-refractivity contribution >= 4 is 0 Å². The van der Waals surface area contributed by atoms with Gasteiger partial charge in [-0.15, -0.1) is 0 Å². The number of hydrogen-bond acceptors (Lipinski definition) is 2. The Morgan fingerprint density at radius 2 is 1.86 bits per heavy atom. The van der Waals surface area contributed by atoms with Crippen molar-refractivity contribution in [3.8, 4) is 0 Å². The van der Waals surface area contributed by atoms with Gasteiger partial charge in [-0.05, 0) is 6.42 Å². The van der Waals surface area contributed by atoms with Gasteiger partial charge in [-0.1, -0.05) is 13.3 Å². The maximum atomic E-state index is 8.11. The molecule has 0 atom stereocenters. The van der Waals surface area contributed by atoms with Gasteiger partial charge in [0, 0.05) is 22.4 Å². The molecule has 7 heavy (non-hydrogen) atoms. The van der Waals surface area contributed by atoms with Crippen molar-refractivity contribution in [2.45, 2.75) is 26.1 Å². The molecule has 3 heteroatoms. The molecule has 0 aliphatic carbocycles. The Morgan fingerprint density at radius 3 is 1.86 bits per heavy atom. The Morgan fingerprint density at radius 1 is 1.43 bits per heavy atom. The topological polar surface area (TPSA) is 40.5 Å². The Bertz CT molecular complexity index is 30.9. The third-order valence-electron chi connectivity index (χ3n) is 0.547. The van der Waals surface area contributed by atoms with Crippen LogP contribution in [0.4, 0.5) is 0 Å². The van der Waals surface area contributed by atoms with Gasteiger partial charge in [-0.3, -0.25) is 0 Å². The predicted octanol–water partition coefficient (Wildman–Crippen LogP) is 0.0947. The van der Waals surface area contributed by atoms with E-state index in [1.807, 2.05) is 6.92 Å². The molecule has 0 amide bonds. The monoisotopic (exact) mass is 271 g/mol. The van der Waals surface area contributed by atoms with Gasteiger partial charge < -0.3 is 10.2 Å². The zero-order valence-electron chi connectivity index (χ0n) is 4.33. The van der Waals surface area contributed by atoms with E-state index >= 15 is 0 Å². The molecule has 43 valence electrons. The minimum atomic E-state index is -1.10. The summed E-state index contributed by atoms with van der Waals surface area (Å²) in [5.41, 5.74) is 0. The standard InChI is InChI=1S/C4H10O2.Ta/c1-2-3-4(5)6;/h4-6H,2-3H2,1H3;. The van der Waals surface area contributed by atoms with Crippen LogP contribution >= 0.6 is 0 Å². The van der Waals surface area contributed by atoms with E-state index in [1.165, 1.54) is 0 Å². The maximum Gasteiger partial charge on any atom is 0.151 e. The first-order valence-corrected chi connectivity index (χ1v) is 2.13. The molecule has 0 fully saturated rings. The summed E-state index contributed by atoms with van der Waals surface area (Å²) >= 11 is 0. The van der Waals surface area contributed by atoms with Crippen LogP contribution in [0.1, 0.15) is 19.8 Å². The van der Waals surface area contributed by atoms with Gasteiger partial charge in [0.2, 0.25) is 0 Å². The first-order valence-electron chi connectivity index (χ1n) is 2.13. The molecule has 0 aromatic carbocycles. The summed E-state index contributed by atoms with van der Waals surface area (Å²) in [6, 6.07) is 0. The van der Waals surface area contributed by atoms with Crippen molar-refractivity contribution in [2.24, 2.45) is 0 Å². The van der Waals surface area contributed by atoms with Crippen molar-refractivity contribution in [1.29, 1.82) is 0 Å². The molecule has 2 nitrogen and oxygen atoms in total. The molecule has 0 aromatic heterocycles. The van der Waals surface area contributed by atoms with Gasteiger partial charge in [0.1, 0.15) is 0 Å². The zero-order chi connectivity index (χ0) is 4.99. The van der Waals surface area contributed by atoms with Crippen molar-refractivity contribution < 1.29 is 32.6 Å². The summed E-state index contributed by atoms with van der Waals surface area (Å²) in [6.07, 6.45) is 0.215. The fourth-order valence-electron chi connectivity index (χ4n) is 0.258. The van der Waals surface area contributed by atoms with Gasteiger partial charge in [0.25, 0.3) is 0 Å². The minimum Gasteiger partial charge on any atom is -0.368 e. The molecule has 0 bridgehead atoms. The molecular weight excluding hydrogens is 261 g/mol. The third kappa shape index (κ3) is 10.8. The number of hydrogen-bond donors (Lipinski definition) is 2. The number of rotatable bonds is 2. The van der Waals surface area contributed by atoms with Crippen LogP contribution in [0, 0.1) is 0 Å². The average molecular weight is 271 g/mol. The molecule has 0 spiro atoms. The van der Waals surface area contributed by atoms with Gasteiger partial charge in [-0.2, -0.15) is 0 Å². The summed E-state index contributed by atoms with van der Waals surface area (Å²) in [4.78, 5) is 0. The van der Waals surface area contributed by atoms with Crippen LogP contribution < -0.4 is 0 Å². The molecule has 0 saturated carbocycles. The second-order valence-electron chi connectivity index (χ2n) is 1.27. The van der Waals surface area contributed by atoms with E-state index in [4.69, 9.17) is 10.2 Å². The number of aliphatic hydroxyl groups excluding tert-OH is 1. The van der Waals surface area contributed by atoms with E-state index in [9.17, 15) is 0 Å². The van der Waals surface area contributed by atoms with Crippen molar-refractivity contribution in [3.63, 3.8) is 0 Å². The molecule has 0 aromatic rings. The van der Waals surface area contributed by atoms with Crippen LogP contribution in [0.5, 0.6) is 0 Å². The largest absolute Gasteiger partial charge is 0.368 e. The van der Waals surface area contributed by atoms with Crippen LogP contribution in [-0.4, -0.2) is 16.5 Å².